The van der Waals surface area contributed by atoms with Crippen LogP contribution >= 0.6 is 24.8 Å². The maximum atomic E-state index is 3.06. The van der Waals surface area contributed by atoms with Crippen LogP contribution < -0.4 is 0 Å². The van der Waals surface area contributed by atoms with Gasteiger partial charge in [0.1, 0.15) is 0 Å². The first-order chi connectivity index (χ1) is 18.6. The van der Waals surface area contributed by atoms with Gasteiger partial charge in [-0.3, -0.25) is 0 Å². The molecule has 0 nitrogen and oxygen atoms in total. The molecule has 0 amide bonds. The van der Waals surface area contributed by atoms with Crippen molar-refractivity contribution in [2.75, 3.05) is 0 Å². The van der Waals surface area contributed by atoms with Crippen molar-refractivity contribution in [2.45, 2.75) is 40.5 Å². The van der Waals surface area contributed by atoms with Crippen LogP contribution in [0.5, 0.6) is 0 Å². The molecule has 0 saturated heterocycles. The Bertz CT molecular complexity index is 1500. The molecule has 0 aliphatic carbocycles. The van der Waals surface area contributed by atoms with Crippen LogP contribution in [0.3, 0.4) is 0 Å². The van der Waals surface area contributed by atoms with Crippen molar-refractivity contribution in [1.82, 2.24) is 0 Å². The number of hydrogen-bond acceptors (Lipinski definition) is 0. The van der Waals surface area contributed by atoms with Crippen LogP contribution in [0, 0.1) is 28.7 Å². The van der Waals surface area contributed by atoms with Crippen molar-refractivity contribution in [3.63, 3.8) is 0 Å². The Hall–Kier alpha value is -2.22. The molecular formula is C38H42Cl2SiZr-4. The van der Waals surface area contributed by atoms with Gasteiger partial charge in [0.05, 0.1) is 0 Å². The summed E-state index contributed by atoms with van der Waals surface area (Å²) in [6.45, 7) is 11.7. The fraction of sp³-hybridized carbons (Fsp3) is 0.158. The molecule has 0 spiro atoms. The van der Waals surface area contributed by atoms with Gasteiger partial charge < -0.3 is 14.9 Å². The predicted molar refractivity (Wildman–Crippen MR) is 191 cm³/mol. The quantitative estimate of drug-likeness (QED) is 0.128. The number of rotatable bonds is 4. The van der Waals surface area contributed by atoms with Gasteiger partial charge in [-0.2, -0.15) is 12.1 Å². The molecule has 2 radical (unpaired) electrons. The first kappa shape index (κ1) is 39.8. The number of halogens is 2. The summed E-state index contributed by atoms with van der Waals surface area (Å²) >= 11 is 1.36. The Morgan fingerprint density at radius 3 is 1.19 bits per heavy atom. The second kappa shape index (κ2) is 19.1. The molecule has 0 aliphatic rings. The van der Waals surface area contributed by atoms with Crippen molar-refractivity contribution in [3.8, 4) is 22.3 Å². The Kier molecular flexibility index (Phi) is 18.1. The van der Waals surface area contributed by atoms with E-state index >= 15 is 0 Å². The van der Waals surface area contributed by atoms with Crippen molar-refractivity contribution in [1.29, 1.82) is 0 Å². The zero-order valence-corrected chi connectivity index (χ0v) is 30.7. The molecule has 0 fully saturated rings. The maximum absolute atomic E-state index is 3.06. The zero-order chi connectivity index (χ0) is 27.1. The third-order valence-electron chi connectivity index (χ3n) is 7.16. The topological polar surface area (TPSA) is 0 Å². The minimum absolute atomic E-state index is 0. The van der Waals surface area contributed by atoms with Crippen LogP contribution in [0.1, 0.15) is 36.1 Å². The van der Waals surface area contributed by atoms with E-state index in [1.54, 1.807) is 0 Å². The molecule has 0 saturated carbocycles. The molecule has 0 atom stereocenters. The van der Waals surface area contributed by atoms with Crippen molar-refractivity contribution < 1.29 is 23.3 Å². The molecular weight excluding hydrogens is 647 g/mol. The standard InChI is InChI=1S/2C18H17.2CH3.2ClH.Si.Zr/c2*1-3-14-11-16-5-4-6-17(18(16)12-14)15-9-7-13(2)8-10-15;;;;;;/h2*4-12H,3H2,1-2H3;2*1H3;2*1H;;/q4*-1;;;;. The molecule has 0 aromatic heterocycles. The first-order valence-corrected chi connectivity index (χ1v) is 17.5. The van der Waals surface area contributed by atoms with Gasteiger partial charge >= 0.3 is 30.2 Å². The molecule has 0 bridgehead atoms. The zero-order valence-electron chi connectivity index (χ0n) is 25.6. The average Bonchev–Trinajstić information content (AvgIpc) is 3.59. The molecule has 0 unspecified atom stereocenters. The van der Waals surface area contributed by atoms with E-state index < -0.39 is 0 Å². The van der Waals surface area contributed by atoms with Crippen LogP contribution in [-0.4, -0.2) is 6.88 Å². The number of benzene rings is 4. The van der Waals surface area contributed by atoms with E-state index in [9.17, 15) is 0 Å². The summed E-state index contributed by atoms with van der Waals surface area (Å²) in [5, 5.41) is 5.45. The van der Waals surface area contributed by atoms with E-state index in [0.29, 0.717) is 0 Å². The Morgan fingerprint density at radius 2 is 0.881 bits per heavy atom. The van der Waals surface area contributed by atoms with E-state index in [0.717, 1.165) is 12.8 Å². The van der Waals surface area contributed by atoms with Crippen molar-refractivity contribution >= 4 is 53.2 Å². The SMILES string of the molecule is CCc1cc2c(-c3ccc(C)cc3)cccc2[cH-]1.CCc1cc2c(-c3ccc(C)cc3)cccc2[cH-]1.Cl.Cl.[CH3-].[CH3-].[Si]=[Zr]. The van der Waals surface area contributed by atoms with Crippen molar-refractivity contribution in [3.05, 3.63) is 146 Å². The molecule has 6 aromatic rings. The molecule has 6 rings (SSSR count). The van der Waals surface area contributed by atoms with Crippen LogP contribution in [0.2, 0.25) is 0 Å². The van der Waals surface area contributed by atoms with Gasteiger partial charge in [0.2, 0.25) is 0 Å². The van der Waals surface area contributed by atoms with Gasteiger partial charge in [0.15, 0.2) is 0 Å². The van der Waals surface area contributed by atoms with Gasteiger partial charge in [-0.1, -0.05) is 96.8 Å². The second-order valence-electron chi connectivity index (χ2n) is 9.78. The first-order valence-electron chi connectivity index (χ1n) is 13.3. The summed E-state index contributed by atoms with van der Waals surface area (Å²) in [5.41, 5.74) is 10.7. The molecule has 0 heterocycles. The van der Waals surface area contributed by atoms with E-state index in [-0.39, 0.29) is 39.7 Å². The van der Waals surface area contributed by atoms with E-state index in [2.05, 4.69) is 144 Å². The normalized spacial score (nSPS) is 9.50. The van der Waals surface area contributed by atoms with Gasteiger partial charge in [-0.15, -0.1) is 93.9 Å². The molecule has 4 heteroatoms. The number of fused-ring (bicyclic) bond motifs is 2. The Labute approximate surface area is 283 Å². The molecule has 0 aliphatic heterocycles. The van der Waals surface area contributed by atoms with Gasteiger partial charge in [0, 0.05) is 0 Å². The summed E-state index contributed by atoms with van der Waals surface area (Å²) in [5.74, 6) is 0. The summed E-state index contributed by atoms with van der Waals surface area (Å²) in [4.78, 5) is 0. The van der Waals surface area contributed by atoms with Crippen molar-refractivity contribution in [2.24, 2.45) is 0 Å². The molecule has 42 heavy (non-hydrogen) atoms. The fourth-order valence-corrected chi connectivity index (χ4v) is 4.97. The Morgan fingerprint density at radius 1 is 0.548 bits per heavy atom. The van der Waals surface area contributed by atoms with E-state index in [1.807, 2.05) is 0 Å². The van der Waals surface area contributed by atoms with Crippen LogP contribution in [-0.2, 0) is 36.2 Å². The molecule has 6 aromatic carbocycles. The van der Waals surface area contributed by atoms with E-state index in [1.165, 1.54) is 89.4 Å². The summed E-state index contributed by atoms with van der Waals surface area (Å²) in [6, 6.07) is 39.9. The number of hydrogen-bond donors (Lipinski definition) is 0. The third-order valence-corrected chi connectivity index (χ3v) is 7.16. The predicted octanol–water partition coefficient (Wildman–Crippen LogP) is 11.6. The Balaban J connectivity index is 0.000000694. The summed E-state index contributed by atoms with van der Waals surface area (Å²) in [6.07, 6.45) is 2.20. The van der Waals surface area contributed by atoms with E-state index in [4.69, 9.17) is 0 Å². The van der Waals surface area contributed by atoms with Gasteiger partial charge in [0.25, 0.3) is 0 Å². The van der Waals surface area contributed by atoms with Crippen LogP contribution in [0.25, 0.3) is 43.8 Å². The number of aryl methyl sites for hydroxylation is 4. The molecule has 0 N–H and O–H groups in total. The summed E-state index contributed by atoms with van der Waals surface area (Å²) < 4.78 is 0. The van der Waals surface area contributed by atoms with Crippen LogP contribution in [0.4, 0.5) is 0 Å². The molecule has 220 valence electrons. The second-order valence-corrected chi connectivity index (χ2v) is 9.78. The minimum atomic E-state index is 0. The van der Waals surface area contributed by atoms with Crippen LogP contribution in [0.15, 0.2) is 109 Å². The summed E-state index contributed by atoms with van der Waals surface area (Å²) in [7, 11) is 0. The average molecular weight is 689 g/mol. The third kappa shape index (κ3) is 9.39. The van der Waals surface area contributed by atoms with Gasteiger partial charge in [-0.25, -0.2) is 0 Å². The monoisotopic (exact) mass is 686 g/mol. The fourth-order valence-electron chi connectivity index (χ4n) is 4.97. The van der Waals surface area contributed by atoms with Gasteiger partial charge in [-0.05, 0) is 37.8 Å².